The summed E-state index contributed by atoms with van der Waals surface area (Å²) in [6, 6.07) is 5.51. The van der Waals surface area contributed by atoms with Crippen molar-refractivity contribution >= 4 is 21.4 Å². The second-order valence-electron chi connectivity index (χ2n) is 4.47. The lowest BCUT2D eigenvalue weighted by Gasteiger charge is -2.09. The van der Waals surface area contributed by atoms with Gasteiger partial charge in [-0.2, -0.15) is 0 Å². The highest BCUT2D eigenvalue weighted by molar-refractivity contribution is 7.92. The average Bonchev–Trinajstić information content (AvgIpc) is 2.36. The van der Waals surface area contributed by atoms with Crippen LogP contribution in [0.4, 0.5) is 20.2 Å². The van der Waals surface area contributed by atoms with Gasteiger partial charge < -0.3 is 0 Å². The van der Waals surface area contributed by atoms with E-state index in [0.717, 1.165) is 18.2 Å². The number of anilines is 1. The normalized spacial score (nSPS) is 11.2. The van der Waals surface area contributed by atoms with Gasteiger partial charge in [-0.3, -0.25) is 14.8 Å². The van der Waals surface area contributed by atoms with Gasteiger partial charge in [-0.05, 0) is 25.1 Å². The van der Waals surface area contributed by atoms with Crippen LogP contribution in [0, 0.1) is 28.7 Å². The number of aryl methyl sites for hydroxylation is 1. The van der Waals surface area contributed by atoms with Crippen molar-refractivity contribution in [2.45, 2.75) is 11.8 Å². The maximum Gasteiger partial charge on any atom is 0.273 e. The van der Waals surface area contributed by atoms with Crippen LogP contribution in [0.2, 0.25) is 0 Å². The predicted octanol–water partition coefficient (Wildman–Crippen LogP) is 2.98. The summed E-state index contributed by atoms with van der Waals surface area (Å²) in [6.45, 7) is 1.46. The molecule has 0 atom stereocenters. The third kappa shape index (κ3) is 3.37. The first-order valence-corrected chi connectivity index (χ1v) is 7.41. The highest BCUT2D eigenvalue weighted by Crippen LogP contribution is 2.24. The SMILES string of the molecule is Cc1ccc(S(=O)(=O)Nc2cc(F)cc(F)c2)cc1[N+](=O)[O-]. The lowest BCUT2D eigenvalue weighted by atomic mass is 10.2. The maximum atomic E-state index is 13.1. The van der Waals surface area contributed by atoms with Crippen LogP contribution in [0.15, 0.2) is 41.3 Å². The molecule has 0 aromatic heterocycles. The van der Waals surface area contributed by atoms with E-state index in [4.69, 9.17) is 0 Å². The standard InChI is InChI=1S/C13H10F2N2O4S/c1-8-2-3-12(7-13(8)17(18)19)22(20,21)16-11-5-9(14)4-10(15)6-11/h2-7,16H,1H3. The van der Waals surface area contributed by atoms with E-state index >= 15 is 0 Å². The molecule has 6 nitrogen and oxygen atoms in total. The number of sulfonamides is 1. The number of benzene rings is 2. The van der Waals surface area contributed by atoms with Gasteiger partial charge in [0, 0.05) is 17.7 Å². The maximum absolute atomic E-state index is 13.1. The number of hydrogen-bond donors (Lipinski definition) is 1. The molecule has 0 aliphatic carbocycles. The van der Waals surface area contributed by atoms with Gasteiger partial charge in [0.05, 0.1) is 15.5 Å². The molecule has 0 spiro atoms. The van der Waals surface area contributed by atoms with Gasteiger partial charge >= 0.3 is 0 Å². The zero-order chi connectivity index (χ0) is 16.5. The molecule has 0 radical (unpaired) electrons. The Balaban J connectivity index is 2.42. The number of nitro benzene ring substituents is 1. The molecule has 0 aliphatic heterocycles. The van der Waals surface area contributed by atoms with Crippen molar-refractivity contribution in [3.63, 3.8) is 0 Å². The lowest BCUT2D eigenvalue weighted by molar-refractivity contribution is -0.385. The van der Waals surface area contributed by atoms with E-state index < -0.39 is 26.6 Å². The van der Waals surface area contributed by atoms with Gasteiger partial charge in [0.2, 0.25) is 0 Å². The van der Waals surface area contributed by atoms with Crippen LogP contribution < -0.4 is 4.72 Å². The minimum absolute atomic E-state index is 0.292. The molecule has 0 unspecified atom stereocenters. The van der Waals surface area contributed by atoms with Gasteiger partial charge in [0.25, 0.3) is 15.7 Å². The van der Waals surface area contributed by atoms with E-state index in [2.05, 4.69) is 0 Å². The van der Waals surface area contributed by atoms with Crippen LogP contribution >= 0.6 is 0 Å². The zero-order valence-electron chi connectivity index (χ0n) is 11.2. The topological polar surface area (TPSA) is 89.3 Å². The minimum Gasteiger partial charge on any atom is -0.279 e. The Hall–Kier alpha value is -2.55. The Morgan fingerprint density at radius 3 is 2.23 bits per heavy atom. The van der Waals surface area contributed by atoms with E-state index in [-0.39, 0.29) is 16.3 Å². The van der Waals surface area contributed by atoms with Crippen LogP contribution in [-0.4, -0.2) is 13.3 Å². The molecule has 116 valence electrons. The van der Waals surface area contributed by atoms with Gasteiger partial charge in [-0.15, -0.1) is 0 Å². The molecular formula is C13H10F2N2O4S. The summed E-state index contributed by atoms with van der Waals surface area (Å²) in [6.07, 6.45) is 0. The van der Waals surface area contributed by atoms with Gasteiger partial charge in [0.15, 0.2) is 0 Å². The first-order valence-electron chi connectivity index (χ1n) is 5.93. The molecular weight excluding hydrogens is 318 g/mol. The Morgan fingerprint density at radius 1 is 1.09 bits per heavy atom. The summed E-state index contributed by atoms with van der Waals surface area (Å²) in [7, 11) is -4.21. The molecule has 2 rings (SSSR count). The van der Waals surface area contributed by atoms with E-state index in [9.17, 15) is 27.3 Å². The third-order valence-corrected chi connectivity index (χ3v) is 4.18. The van der Waals surface area contributed by atoms with Gasteiger partial charge in [-0.1, -0.05) is 6.07 Å². The molecule has 22 heavy (non-hydrogen) atoms. The van der Waals surface area contributed by atoms with Crippen molar-refractivity contribution in [2.24, 2.45) is 0 Å². The zero-order valence-corrected chi connectivity index (χ0v) is 12.0. The van der Waals surface area contributed by atoms with E-state index in [1.54, 1.807) is 0 Å². The van der Waals surface area contributed by atoms with Crippen molar-refractivity contribution in [3.8, 4) is 0 Å². The fraction of sp³-hybridized carbons (Fsp3) is 0.0769. The summed E-state index contributed by atoms with van der Waals surface area (Å²) in [5, 5.41) is 10.8. The van der Waals surface area contributed by atoms with Crippen LogP contribution in [-0.2, 0) is 10.0 Å². The van der Waals surface area contributed by atoms with E-state index in [1.807, 2.05) is 4.72 Å². The molecule has 0 aliphatic rings. The molecule has 0 amide bonds. The van der Waals surface area contributed by atoms with Crippen molar-refractivity contribution in [1.82, 2.24) is 0 Å². The Bertz CT molecular complexity index is 833. The van der Waals surface area contributed by atoms with Gasteiger partial charge in [-0.25, -0.2) is 17.2 Å². The molecule has 9 heteroatoms. The second-order valence-corrected chi connectivity index (χ2v) is 6.15. The lowest BCUT2D eigenvalue weighted by Crippen LogP contribution is -2.13. The van der Waals surface area contributed by atoms with Crippen molar-refractivity contribution in [3.05, 3.63) is 63.7 Å². The van der Waals surface area contributed by atoms with Crippen LogP contribution in [0.3, 0.4) is 0 Å². The predicted molar refractivity (Wildman–Crippen MR) is 75.0 cm³/mol. The monoisotopic (exact) mass is 328 g/mol. The number of nitrogens with one attached hydrogen (secondary N) is 1. The first-order chi connectivity index (χ1) is 10.2. The second kappa shape index (κ2) is 5.68. The van der Waals surface area contributed by atoms with Crippen LogP contribution in [0.1, 0.15) is 5.56 Å². The number of hydrogen-bond acceptors (Lipinski definition) is 4. The summed E-state index contributed by atoms with van der Waals surface area (Å²) >= 11 is 0. The van der Waals surface area contributed by atoms with Crippen LogP contribution in [0.25, 0.3) is 0 Å². The third-order valence-electron chi connectivity index (χ3n) is 2.80. The molecule has 1 N–H and O–H groups in total. The molecule has 0 heterocycles. The van der Waals surface area contributed by atoms with Crippen molar-refractivity contribution < 1.29 is 22.1 Å². The number of nitro groups is 1. The smallest absolute Gasteiger partial charge is 0.273 e. The Kier molecular flexibility index (Phi) is 4.09. The molecule has 0 saturated carbocycles. The van der Waals surface area contributed by atoms with E-state index in [1.165, 1.54) is 19.1 Å². The number of rotatable bonds is 4. The molecule has 2 aromatic rings. The van der Waals surface area contributed by atoms with Crippen molar-refractivity contribution in [2.75, 3.05) is 4.72 Å². The summed E-state index contributed by atoms with van der Waals surface area (Å²) < 4.78 is 52.4. The fourth-order valence-electron chi connectivity index (χ4n) is 1.78. The Morgan fingerprint density at radius 2 is 1.68 bits per heavy atom. The summed E-state index contributed by atoms with van der Waals surface area (Å²) in [5.74, 6) is -1.90. The summed E-state index contributed by atoms with van der Waals surface area (Å²) in [4.78, 5) is 9.75. The highest BCUT2D eigenvalue weighted by Gasteiger charge is 2.20. The Labute approximate surface area is 124 Å². The summed E-state index contributed by atoms with van der Waals surface area (Å²) in [5.41, 5.74) is -0.394. The van der Waals surface area contributed by atoms with E-state index in [0.29, 0.717) is 11.6 Å². The first kappa shape index (κ1) is 15.8. The average molecular weight is 328 g/mol. The largest absolute Gasteiger partial charge is 0.279 e. The molecule has 0 bridgehead atoms. The fourth-order valence-corrected chi connectivity index (χ4v) is 2.84. The molecule has 2 aromatic carbocycles. The molecule has 0 saturated heterocycles. The molecule has 0 fully saturated rings. The number of halogens is 2. The van der Waals surface area contributed by atoms with Crippen molar-refractivity contribution in [1.29, 1.82) is 0 Å². The number of nitrogens with zero attached hydrogens (tertiary/aromatic N) is 1. The quantitative estimate of drug-likeness (QED) is 0.690. The van der Waals surface area contributed by atoms with Gasteiger partial charge in [0.1, 0.15) is 11.6 Å². The van der Waals surface area contributed by atoms with Crippen LogP contribution in [0.5, 0.6) is 0 Å². The highest BCUT2D eigenvalue weighted by atomic mass is 32.2. The minimum atomic E-state index is -4.21.